The van der Waals surface area contributed by atoms with Crippen LogP contribution in [0.5, 0.6) is 0 Å². The van der Waals surface area contributed by atoms with E-state index in [0.717, 1.165) is 0 Å². The zero-order valence-corrected chi connectivity index (χ0v) is 9.84. The molecule has 1 aliphatic rings. The summed E-state index contributed by atoms with van der Waals surface area (Å²) in [5.74, 6) is -0.446. The minimum absolute atomic E-state index is 0.272. The average Bonchev–Trinajstić information content (AvgIpc) is 2.30. The van der Waals surface area contributed by atoms with Crippen LogP contribution in [0.2, 0.25) is 5.02 Å². The molecule has 1 heterocycles. The lowest BCUT2D eigenvalue weighted by atomic mass is 9.83. The largest absolute Gasteiger partial charge is 0.381 e. The van der Waals surface area contributed by atoms with Crippen LogP contribution in [0.4, 0.5) is 4.39 Å². The second kappa shape index (κ2) is 4.96. The van der Waals surface area contributed by atoms with Gasteiger partial charge in [0.1, 0.15) is 11.4 Å². The minimum atomic E-state index is -0.928. The summed E-state index contributed by atoms with van der Waals surface area (Å²) in [4.78, 5) is 14.4. The molecule has 1 aromatic rings. The van der Waals surface area contributed by atoms with Crippen LogP contribution in [0.25, 0.3) is 0 Å². The van der Waals surface area contributed by atoms with Crippen molar-refractivity contribution >= 4 is 17.7 Å². The predicted octanol–water partition coefficient (Wildman–Crippen LogP) is 2.82. The molecule has 1 aliphatic heterocycles. The van der Waals surface area contributed by atoms with Crippen LogP contribution < -0.4 is 0 Å². The molecular weight excluding hydrogens is 245 g/mol. The van der Waals surface area contributed by atoms with Gasteiger partial charge in [-0.1, -0.05) is 17.7 Å². The lowest BCUT2D eigenvalue weighted by Gasteiger charge is -2.33. The summed E-state index contributed by atoms with van der Waals surface area (Å²) in [7, 11) is 0. The van der Waals surface area contributed by atoms with E-state index >= 15 is 0 Å². The zero-order chi connectivity index (χ0) is 12.3. The van der Waals surface area contributed by atoms with E-state index in [1.54, 1.807) is 6.07 Å². The number of hydrogen-bond donors (Lipinski definition) is 0. The lowest BCUT2D eigenvalue weighted by molar-refractivity contribution is 0.0520. The average molecular weight is 256 g/mol. The number of nitrogens with zero attached hydrogens (tertiary/aromatic N) is 1. The maximum absolute atomic E-state index is 13.9. The number of halogens is 2. The third-order valence-corrected chi connectivity index (χ3v) is 3.32. The van der Waals surface area contributed by atoms with Crippen molar-refractivity contribution < 1.29 is 13.9 Å². The Balaban J connectivity index is 2.56. The Hall–Kier alpha value is -1.22. The second-order valence-corrected chi connectivity index (χ2v) is 4.35. The molecule has 0 N–H and O–H groups in total. The summed E-state index contributed by atoms with van der Waals surface area (Å²) >= 11 is 6.02. The van der Waals surface area contributed by atoms with Crippen LogP contribution in [-0.2, 0) is 15.1 Å². The summed E-state index contributed by atoms with van der Waals surface area (Å²) in [6.45, 7) is 0.853. The molecule has 0 spiro atoms. The molecule has 0 aromatic heterocycles. The van der Waals surface area contributed by atoms with Crippen molar-refractivity contribution in [3.63, 3.8) is 0 Å². The predicted molar refractivity (Wildman–Crippen MR) is 61.3 cm³/mol. The molecule has 3 nitrogen and oxygen atoms in total. The second-order valence-electron chi connectivity index (χ2n) is 3.94. The van der Waals surface area contributed by atoms with Gasteiger partial charge in [0.05, 0.1) is 0 Å². The first-order valence-electron chi connectivity index (χ1n) is 5.31. The highest BCUT2D eigenvalue weighted by Gasteiger charge is 2.38. The van der Waals surface area contributed by atoms with Gasteiger partial charge in [-0.3, -0.25) is 0 Å². The first kappa shape index (κ1) is 12.2. The topological polar surface area (TPSA) is 38.7 Å². The summed E-state index contributed by atoms with van der Waals surface area (Å²) in [5.41, 5.74) is -0.657. The van der Waals surface area contributed by atoms with Crippen molar-refractivity contribution in [1.29, 1.82) is 0 Å². The summed E-state index contributed by atoms with van der Waals surface area (Å²) in [6, 6.07) is 4.44. The highest BCUT2D eigenvalue weighted by atomic mass is 35.5. The standard InChI is InChI=1S/C12H11ClFNO2/c13-9-2-1-3-10(14)11(9)12(15-8-16)4-6-17-7-5-12/h1-3H,4-7H2. The van der Waals surface area contributed by atoms with E-state index in [9.17, 15) is 9.18 Å². The van der Waals surface area contributed by atoms with Gasteiger partial charge in [-0.05, 0) is 12.1 Å². The molecule has 0 unspecified atom stereocenters. The molecule has 2 rings (SSSR count). The number of benzene rings is 1. The van der Waals surface area contributed by atoms with Crippen molar-refractivity contribution in [3.05, 3.63) is 34.6 Å². The van der Waals surface area contributed by atoms with Gasteiger partial charge in [-0.2, -0.15) is 4.99 Å². The Kier molecular flexibility index (Phi) is 3.57. The Labute approximate surface area is 103 Å². The molecule has 1 fully saturated rings. The Bertz CT molecular complexity index is 445. The van der Waals surface area contributed by atoms with Crippen LogP contribution in [0.15, 0.2) is 23.2 Å². The Morgan fingerprint density at radius 2 is 2.12 bits per heavy atom. The molecule has 0 atom stereocenters. The van der Waals surface area contributed by atoms with E-state index in [1.165, 1.54) is 18.2 Å². The van der Waals surface area contributed by atoms with Gasteiger partial charge < -0.3 is 4.74 Å². The van der Waals surface area contributed by atoms with Crippen LogP contribution in [0, 0.1) is 5.82 Å². The number of isocyanates is 1. The van der Waals surface area contributed by atoms with Crippen molar-refractivity contribution in [2.24, 2.45) is 4.99 Å². The first-order chi connectivity index (χ1) is 8.19. The van der Waals surface area contributed by atoms with Gasteiger partial charge in [0.15, 0.2) is 0 Å². The minimum Gasteiger partial charge on any atom is -0.381 e. The quantitative estimate of drug-likeness (QED) is 0.602. The maximum Gasteiger partial charge on any atom is 0.235 e. The van der Waals surface area contributed by atoms with Crippen LogP contribution in [-0.4, -0.2) is 19.3 Å². The van der Waals surface area contributed by atoms with Gasteiger partial charge in [-0.25, -0.2) is 9.18 Å². The number of carbonyl (C=O) groups excluding carboxylic acids is 1. The van der Waals surface area contributed by atoms with Crippen molar-refractivity contribution in [3.8, 4) is 0 Å². The lowest BCUT2D eigenvalue weighted by Crippen LogP contribution is -2.33. The van der Waals surface area contributed by atoms with Crippen LogP contribution >= 0.6 is 11.6 Å². The smallest absolute Gasteiger partial charge is 0.235 e. The molecule has 1 aromatic carbocycles. The molecule has 5 heteroatoms. The Morgan fingerprint density at radius 1 is 1.41 bits per heavy atom. The monoisotopic (exact) mass is 255 g/mol. The summed E-state index contributed by atoms with van der Waals surface area (Å²) < 4.78 is 19.1. The van der Waals surface area contributed by atoms with Crippen LogP contribution in [0.3, 0.4) is 0 Å². The van der Waals surface area contributed by atoms with E-state index in [1.807, 2.05) is 0 Å². The molecular formula is C12H11ClFNO2. The third kappa shape index (κ3) is 2.25. The van der Waals surface area contributed by atoms with Gasteiger partial charge in [0.2, 0.25) is 6.08 Å². The molecule has 0 radical (unpaired) electrons. The molecule has 0 amide bonds. The number of ether oxygens (including phenoxy) is 1. The van der Waals surface area contributed by atoms with Crippen molar-refractivity contribution in [2.75, 3.05) is 13.2 Å². The summed E-state index contributed by atoms with van der Waals surface area (Å²) in [6.07, 6.45) is 2.39. The zero-order valence-electron chi connectivity index (χ0n) is 9.08. The molecule has 17 heavy (non-hydrogen) atoms. The number of aliphatic imine (C=N–C) groups is 1. The molecule has 0 aliphatic carbocycles. The van der Waals surface area contributed by atoms with Crippen molar-refractivity contribution in [2.45, 2.75) is 18.4 Å². The van der Waals surface area contributed by atoms with Crippen molar-refractivity contribution in [1.82, 2.24) is 0 Å². The number of hydrogen-bond acceptors (Lipinski definition) is 3. The fourth-order valence-corrected chi connectivity index (χ4v) is 2.50. The molecule has 90 valence electrons. The van der Waals surface area contributed by atoms with Gasteiger partial charge in [0, 0.05) is 36.6 Å². The van der Waals surface area contributed by atoms with Gasteiger partial charge >= 0.3 is 0 Å². The Morgan fingerprint density at radius 3 is 2.71 bits per heavy atom. The molecule has 0 bridgehead atoms. The molecule has 1 saturated heterocycles. The normalized spacial score (nSPS) is 18.5. The van der Waals surface area contributed by atoms with E-state index in [2.05, 4.69) is 4.99 Å². The van der Waals surface area contributed by atoms with E-state index in [0.29, 0.717) is 26.1 Å². The maximum atomic E-state index is 13.9. The SMILES string of the molecule is O=C=NC1(c2c(F)cccc2Cl)CCOCC1. The fourth-order valence-electron chi connectivity index (χ4n) is 2.16. The number of rotatable bonds is 2. The van der Waals surface area contributed by atoms with E-state index in [-0.39, 0.29) is 10.6 Å². The molecule has 0 saturated carbocycles. The van der Waals surface area contributed by atoms with E-state index < -0.39 is 11.4 Å². The fraction of sp³-hybridized carbons (Fsp3) is 0.417. The highest BCUT2D eigenvalue weighted by Crippen LogP contribution is 2.40. The third-order valence-electron chi connectivity index (χ3n) is 3.01. The highest BCUT2D eigenvalue weighted by molar-refractivity contribution is 6.31. The summed E-state index contributed by atoms with van der Waals surface area (Å²) in [5, 5.41) is 0.283. The van der Waals surface area contributed by atoms with Gasteiger partial charge in [-0.15, -0.1) is 0 Å². The van der Waals surface area contributed by atoms with Gasteiger partial charge in [0.25, 0.3) is 0 Å². The van der Waals surface area contributed by atoms with Crippen LogP contribution in [0.1, 0.15) is 18.4 Å². The first-order valence-corrected chi connectivity index (χ1v) is 5.69. The van der Waals surface area contributed by atoms with E-state index in [4.69, 9.17) is 16.3 Å².